The largest absolute Gasteiger partial charge is 0.399 e. The number of nitrogens with two attached hydrogens (primary N) is 1. The van der Waals surface area contributed by atoms with E-state index >= 15 is 0 Å². The molecule has 2 heteroatoms. The van der Waals surface area contributed by atoms with Gasteiger partial charge in [-0.05, 0) is 37.3 Å². The third-order valence-electron chi connectivity index (χ3n) is 2.83. The quantitative estimate of drug-likeness (QED) is 0.657. The third-order valence-corrected chi connectivity index (χ3v) is 2.83. The van der Waals surface area contributed by atoms with Gasteiger partial charge in [-0.15, -0.1) is 0 Å². The summed E-state index contributed by atoms with van der Waals surface area (Å²) in [5.74, 6) is 0.852. The molecule has 1 atom stereocenters. The van der Waals surface area contributed by atoms with E-state index in [1.54, 1.807) is 12.2 Å². The predicted molar refractivity (Wildman–Crippen MR) is 64.2 cm³/mol. The minimum absolute atomic E-state index is 0.415. The molecule has 15 heavy (non-hydrogen) atoms. The molecule has 0 aromatic heterocycles. The first-order chi connectivity index (χ1) is 7.17. The molecule has 0 aromatic carbocycles. The Morgan fingerprint density at radius 2 is 2.27 bits per heavy atom. The van der Waals surface area contributed by atoms with Crippen LogP contribution < -0.4 is 5.73 Å². The summed E-state index contributed by atoms with van der Waals surface area (Å²) < 4.78 is 0. The van der Waals surface area contributed by atoms with Gasteiger partial charge in [-0.3, -0.25) is 0 Å². The topological polar surface area (TPSA) is 46.2 Å². The molecule has 0 bridgehead atoms. The van der Waals surface area contributed by atoms with Crippen LogP contribution in [0.25, 0.3) is 0 Å². The Morgan fingerprint density at radius 3 is 2.73 bits per heavy atom. The summed E-state index contributed by atoms with van der Waals surface area (Å²) in [6, 6.07) is 0. The zero-order chi connectivity index (χ0) is 11.3. The molecule has 0 amide bonds. The zero-order valence-electron chi connectivity index (χ0n) is 9.45. The molecule has 1 aliphatic carbocycles. The van der Waals surface area contributed by atoms with Gasteiger partial charge in [0.15, 0.2) is 0 Å². The molecule has 0 aromatic rings. The second-order valence-electron chi connectivity index (χ2n) is 4.17. The number of hydrogen-bond acceptors (Lipinski definition) is 2. The number of rotatable bonds is 6. The van der Waals surface area contributed by atoms with E-state index in [0.717, 1.165) is 24.3 Å². The maximum absolute atomic E-state index is 9.91. The van der Waals surface area contributed by atoms with Gasteiger partial charge in [0, 0.05) is 5.70 Å². The molecule has 84 valence electrons. The molecular weight excluding hydrogens is 186 g/mol. The molecule has 0 aliphatic heterocycles. The average Bonchev–Trinajstić information content (AvgIpc) is 3.05. The summed E-state index contributed by atoms with van der Waals surface area (Å²) in [7, 11) is 0. The SMILES string of the molecule is C=C/C(=C\C(N)=C/C)C(O)CCC1CC1. The molecule has 2 nitrogen and oxygen atoms in total. The third kappa shape index (κ3) is 4.34. The fourth-order valence-electron chi connectivity index (χ4n) is 1.53. The maximum Gasteiger partial charge on any atom is 0.0790 e. The minimum atomic E-state index is -0.415. The lowest BCUT2D eigenvalue weighted by Gasteiger charge is -2.11. The summed E-state index contributed by atoms with van der Waals surface area (Å²) in [5, 5.41) is 9.91. The van der Waals surface area contributed by atoms with Crippen molar-refractivity contribution in [3.05, 3.63) is 36.1 Å². The molecule has 3 N–H and O–H groups in total. The normalized spacial score (nSPS) is 20.1. The first kappa shape index (κ1) is 12.1. The van der Waals surface area contributed by atoms with Crippen LogP contribution in [0.1, 0.15) is 32.6 Å². The Balaban J connectivity index is 2.47. The Kier molecular flexibility index (Phi) is 4.63. The molecule has 1 fully saturated rings. The number of aliphatic hydroxyl groups is 1. The zero-order valence-corrected chi connectivity index (χ0v) is 9.45. The van der Waals surface area contributed by atoms with Crippen LogP contribution in [-0.2, 0) is 0 Å². The number of allylic oxidation sites excluding steroid dienone is 2. The van der Waals surface area contributed by atoms with Crippen LogP contribution in [0, 0.1) is 5.92 Å². The molecular formula is C13H21NO. The van der Waals surface area contributed by atoms with Crippen molar-refractivity contribution >= 4 is 0 Å². The van der Waals surface area contributed by atoms with E-state index in [9.17, 15) is 5.11 Å². The van der Waals surface area contributed by atoms with Crippen molar-refractivity contribution in [3.8, 4) is 0 Å². The summed E-state index contributed by atoms with van der Waals surface area (Å²) in [6.07, 6.45) is 9.48. The van der Waals surface area contributed by atoms with Crippen LogP contribution >= 0.6 is 0 Å². The summed E-state index contributed by atoms with van der Waals surface area (Å²) in [4.78, 5) is 0. The van der Waals surface area contributed by atoms with Crippen LogP contribution in [0.4, 0.5) is 0 Å². The van der Waals surface area contributed by atoms with Gasteiger partial charge in [-0.2, -0.15) is 0 Å². The summed E-state index contributed by atoms with van der Waals surface area (Å²) in [6.45, 7) is 5.58. The van der Waals surface area contributed by atoms with Crippen molar-refractivity contribution < 1.29 is 5.11 Å². The van der Waals surface area contributed by atoms with Gasteiger partial charge in [-0.1, -0.05) is 31.6 Å². The van der Waals surface area contributed by atoms with E-state index in [1.165, 1.54) is 12.8 Å². The van der Waals surface area contributed by atoms with Gasteiger partial charge in [0.25, 0.3) is 0 Å². The Hall–Kier alpha value is -1.02. The maximum atomic E-state index is 9.91. The van der Waals surface area contributed by atoms with E-state index in [-0.39, 0.29) is 0 Å². The monoisotopic (exact) mass is 207 g/mol. The summed E-state index contributed by atoms with van der Waals surface area (Å²) >= 11 is 0. The number of aliphatic hydroxyl groups excluding tert-OH is 1. The van der Waals surface area contributed by atoms with Crippen molar-refractivity contribution in [1.82, 2.24) is 0 Å². The van der Waals surface area contributed by atoms with Crippen molar-refractivity contribution in [2.24, 2.45) is 11.7 Å². The van der Waals surface area contributed by atoms with E-state index < -0.39 is 6.10 Å². The molecule has 0 spiro atoms. The Labute approximate surface area is 92.2 Å². The molecule has 0 heterocycles. The van der Waals surface area contributed by atoms with Crippen LogP contribution in [-0.4, -0.2) is 11.2 Å². The lowest BCUT2D eigenvalue weighted by molar-refractivity contribution is 0.198. The smallest absolute Gasteiger partial charge is 0.0790 e. The minimum Gasteiger partial charge on any atom is -0.399 e. The van der Waals surface area contributed by atoms with Crippen molar-refractivity contribution in [3.63, 3.8) is 0 Å². The van der Waals surface area contributed by atoms with E-state index in [2.05, 4.69) is 6.58 Å². The highest BCUT2D eigenvalue weighted by Gasteiger charge is 2.22. The van der Waals surface area contributed by atoms with Crippen LogP contribution in [0.5, 0.6) is 0 Å². The molecule has 0 radical (unpaired) electrons. The molecule has 1 aliphatic rings. The molecule has 1 unspecified atom stereocenters. The van der Waals surface area contributed by atoms with Gasteiger partial charge in [-0.25, -0.2) is 0 Å². The standard InChI is InChI=1S/C13H21NO/c1-3-11(9-12(14)4-2)13(15)8-7-10-5-6-10/h3-4,9-10,13,15H,1,5-8,14H2,2H3/b11-9+,12-4+. The van der Waals surface area contributed by atoms with Crippen LogP contribution in [0.15, 0.2) is 36.1 Å². The fourth-order valence-corrected chi connectivity index (χ4v) is 1.53. The highest BCUT2D eigenvalue weighted by atomic mass is 16.3. The summed E-state index contributed by atoms with van der Waals surface area (Å²) in [5.41, 5.74) is 7.18. The van der Waals surface area contributed by atoms with Crippen molar-refractivity contribution in [1.29, 1.82) is 0 Å². The number of hydrogen-bond donors (Lipinski definition) is 2. The lowest BCUT2D eigenvalue weighted by Crippen LogP contribution is -2.10. The predicted octanol–water partition coefficient (Wildman–Crippen LogP) is 2.51. The molecule has 1 rings (SSSR count). The Bertz CT molecular complexity index is 274. The van der Waals surface area contributed by atoms with Gasteiger partial charge < -0.3 is 10.8 Å². The molecule has 1 saturated carbocycles. The second-order valence-corrected chi connectivity index (χ2v) is 4.17. The molecule has 0 saturated heterocycles. The van der Waals surface area contributed by atoms with E-state index in [0.29, 0.717) is 5.70 Å². The first-order valence-corrected chi connectivity index (χ1v) is 5.61. The highest BCUT2D eigenvalue weighted by molar-refractivity contribution is 5.29. The van der Waals surface area contributed by atoms with Crippen LogP contribution in [0.2, 0.25) is 0 Å². The van der Waals surface area contributed by atoms with Gasteiger partial charge in [0.1, 0.15) is 0 Å². The Morgan fingerprint density at radius 1 is 1.60 bits per heavy atom. The average molecular weight is 207 g/mol. The van der Waals surface area contributed by atoms with Gasteiger partial charge >= 0.3 is 0 Å². The van der Waals surface area contributed by atoms with Gasteiger partial charge in [0.05, 0.1) is 6.10 Å². The lowest BCUT2D eigenvalue weighted by atomic mass is 10.0. The van der Waals surface area contributed by atoms with E-state index in [4.69, 9.17) is 5.73 Å². The van der Waals surface area contributed by atoms with Gasteiger partial charge in [0.2, 0.25) is 0 Å². The fraction of sp³-hybridized carbons (Fsp3) is 0.538. The second kappa shape index (κ2) is 5.76. The van der Waals surface area contributed by atoms with Crippen molar-refractivity contribution in [2.75, 3.05) is 0 Å². The first-order valence-electron chi connectivity index (χ1n) is 5.61. The highest BCUT2D eigenvalue weighted by Crippen LogP contribution is 2.34. The van der Waals surface area contributed by atoms with Crippen molar-refractivity contribution in [2.45, 2.75) is 38.7 Å². The van der Waals surface area contributed by atoms with Crippen LogP contribution in [0.3, 0.4) is 0 Å². The van der Waals surface area contributed by atoms with E-state index in [1.807, 2.05) is 13.0 Å².